The smallest absolute Gasteiger partial charge is 0.00413 e. The van der Waals surface area contributed by atoms with Crippen molar-refractivity contribution in [1.29, 1.82) is 0 Å². The van der Waals surface area contributed by atoms with Crippen LogP contribution in [0.15, 0.2) is 12.2 Å². The molecule has 2 atom stereocenters. The first-order valence-corrected chi connectivity index (χ1v) is 6.04. The standard InChI is InChI=1S/C13H21N/c1-10(2)6-13(3-4-13)9-14-7-11-5-12(11)8-14/h11-12H,1,3-9H2,2H3. The maximum absolute atomic E-state index is 4.06. The lowest BCUT2D eigenvalue weighted by molar-refractivity contribution is 0.240. The molecule has 1 heteroatoms. The van der Waals surface area contributed by atoms with Crippen LogP contribution in [0, 0.1) is 17.3 Å². The first kappa shape index (κ1) is 8.96. The Labute approximate surface area is 87.2 Å². The maximum Gasteiger partial charge on any atom is 0.00413 e. The molecule has 1 heterocycles. The van der Waals surface area contributed by atoms with Crippen molar-refractivity contribution in [1.82, 2.24) is 4.90 Å². The van der Waals surface area contributed by atoms with Crippen LogP contribution in [-0.2, 0) is 0 Å². The summed E-state index contributed by atoms with van der Waals surface area (Å²) in [7, 11) is 0. The van der Waals surface area contributed by atoms with Crippen LogP contribution in [0.3, 0.4) is 0 Å². The topological polar surface area (TPSA) is 3.24 Å². The molecule has 2 saturated carbocycles. The maximum atomic E-state index is 4.06. The number of rotatable bonds is 4. The molecule has 3 fully saturated rings. The summed E-state index contributed by atoms with van der Waals surface area (Å²) in [5.41, 5.74) is 2.05. The van der Waals surface area contributed by atoms with Crippen molar-refractivity contribution in [3.63, 3.8) is 0 Å². The van der Waals surface area contributed by atoms with Gasteiger partial charge < -0.3 is 4.90 Å². The Morgan fingerprint density at radius 2 is 2.00 bits per heavy atom. The summed E-state index contributed by atoms with van der Waals surface area (Å²) >= 11 is 0. The van der Waals surface area contributed by atoms with Crippen molar-refractivity contribution in [2.75, 3.05) is 19.6 Å². The first-order chi connectivity index (χ1) is 6.67. The summed E-state index contributed by atoms with van der Waals surface area (Å²) in [5, 5.41) is 0. The van der Waals surface area contributed by atoms with Crippen LogP contribution in [0.2, 0.25) is 0 Å². The van der Waals surface area contributed by atoms with Gasteiger partial charge in [0.2, 0.25) is 0 Å². The van der Waals surface area contributed by atoms with Gasteiger partial charge in [-0.3, -0.25) is 0 Å². The van der Waals surface area contributed by atoms with Gasteiger partial charge in [0.25, 0.3) is 0 Å². The molecule has 1 aliphatic heterocycles. The number of hydrogen-bond acceptors (Lipinski definition) is 1. The Balaban J connectivity index is 1.53. The van der Waals surface area contributed by atoms with E-state index in [0.717, 1.165) is 11.8 Å². The van der Waals surface area contributed by atoms with E-state index in [0.29, 0.717) is 5.41 Å². The predicted octanol–water partition coefficient (Wildman–Crippen LogP) is 2.68. The van der Waals surface area contributed by atoms with Crippen molar-refractivity contribution in [2.24, 2.45) is 17.3 Å². The molecule has 2 unspecified atom stereocenters. The quantitative estimate of drug-likeness (QED) is 0.618. The van der Waals surface area contributed by atoms with Crippen LogP contribution in [0.5, 0.6) is 0 Å². The van der Waals surface area contributed by atoms with Crippen molar-refractivity contribution in [2.45, 2.75) is 32.6 Å². The van der Waals surface area contributed by atoms with Gasteiger partial charge in [-0.1, -0.05) is 5.57 Å². The third-order valence-corrected chi connectivity index (χ3v) is 4.25. The molecule has 3 rings (SSSR count). The van der Waals surface area contributed by atoms with Crippen LogP contribution in [0.1, 0.15) is 32.6 Å². The summed E-state index contributed by atoms with van der Waals surface area (Å²) in [6, 6.07) is 0. The summed E-state index contributed by atoms with van der Waals surface area (Å²) in [4.78, 5) is 2.72. The van der Waals surface area contributed by atoms with Crippen LogP contribution < -0.4 is 0 Å². The highest BCUT2D eigenvalue weighted by Crippen LogP contribution is 2.53. The van der Waals surface area contributed by atoms with E-state index in [1.807, 2.05) is 0 Å². The van der Waals surface area contributed by atoms with E-state index in [9.17, 15) is 0 Å². The summed E-state index contributed by atoms with van der Waals surface area (Å²) in [6.07, 6.45) is 5.71. The molecular weight excluding hydrogens is 170 g/mol. The number of allylic oxidation sites excluding steroid dienone is 1. The SMILES string of the molecule is C=C(C)CC1(CN2CC3CC3C2)CC1. The highest BCUT2D eigenvalue weighted by molar-refractivity contribution is 5.07. The molecule has 0 aromatic heterocycles. The van der Waals surface area contributed by atoms with Gasteiger partial charge in [-0.15, -0.1) is 6.58 Å². The Kier molecular flexibility index (Phi) is 1.82. The molecule has 14 heavy (non-hydrogen) atoms. The highest BCUT2D eigenvalue weighted by Gasteiger charge is 2.49. The predicted molar refractivity (Wildman–Crippen MR) is 59.1 cm³/mol. The monoisotopic (exact) mass is 191 g/mol. The van der Waals surface area contributed by atoms with E-state index >= 15 is 0 Å². The minimum atomic E-state index is 0.669. The summed E-state index contributed by atoms with van der Waals surface area (Å²) in [6.45, 7) is 10.4. The third kappa shape index (κ3) is 1.63. The fourth-order valence-corrected chi connectivity index (χ4v) is 3.31. The van der Waals surface area contributed by atoms with E-state index in [2.05, 4.69) is 18.4 Å². The number of piperidine rings is 1. The van der Waals surface area contributed by atoms with Gasteiger partial charge in [0, 0.05) is 19.6 Å². The number of hydrogen-bond donors (Lipinski definition) is 0. The average Bonchev–Trinajstić information content (AvgIpc) is 2.94. The zero-order valence-corrected chi connectivity index (χ0v) is 9.26. The number of fused-ring (bicyclic) bond motifs is 1. The van der Waals surface area contributed by atoms with Gasteiger partial charge in [-0.2, -0.15) is 0 Å². The van der Waals surface area contributed by atoms with E-state index < -0.39 is 0 Å². The zero-order chi connectivity index (χ0) is 9.76. The highest BCUT2D eigenvalue weighted by atomic mass is 15.2. The van der Waals surface area contributed by atoms with E-state index in [1.54, 1.807) is 0 Å². The summed E-state index contributed by atoms with van der Waals surface area (Å²) in [5.74, 6) is 2.19. The van der Waals surface area contributed by atoms with Crippen molar-refractivity contribution < 1.29 is 0 Å². The molecule has 0 N–H and O–H groups in total. The van der Waals surface area contributed by atoms with Gasteiger partial charge in [0.05, 0.1) is 0 Å². The lowest BCUT2D eigenvalue weighted by Crippen LogP contribution is -2.30. The molecule has 1 saturated heterocycles. The molecule has 78 valence electrons. The fourth-order valence-electron chi connectivity index (χ4n) is 3.31. The minimum Gasteiger partial charge on any atom is -0.302 e. The Morgan fingerprint density at radius 1 is 1.36 bits per heavy atom. The van der Waals surface area contributed by atoms with Crippen LogP contribution in [-0.4, -0.2) is 24.5 Å². The van der Waals surface area contributed by atoms with Crippen LogP contribution >= 0.6 is 0 Å². The van der Waals surface area contributed by atoms with E-state index in [1.165, 1.54) is 50.9 Å². The Morgan fingerprint density at radius 3 is 2.50 bits per heavy atom. The van der Waals surface area contributed by atoms with Crippen molar-refractivity contribution in [3.8, 4) is 0 Å². The average molecular weight is 191 g/mol. The van der Waals surface area contributed by atoms with Gasteiger partial charge in [-0.05, 0) is 49.9 Å². The molecular formula is C13H21N. The van der Waals surface area contributed by atoms with Gasteiger partial charge in [0.1, 0.15) is 0 Å². The second-order valence-corrected chi connectivity index (χ2v) is 6.08. The van der Waals surface area contributed by atoms with Crippen molar-refractivity contribution in [3.05, 3.63) is 12.2 Å². The van der Waals surface area contributed by atoms with Gasteiger partial charge >= 0.3 is 0 Å². The molecule has 0 aromatic rings. The largest absolute Gasteiger partial charge is 0.302 e. The second kappa shape index (κ2) is 2.85. The van der Waals surface area contributed by atoms with Crippen LogP contribution in [0.4, 0.5) is 0 Å². The molecule has 0 radical (unpaired) electrons. The number of likely N-dealkylation sites (tertiary alicyclic amines) is 1. The Hall–Kier alpha value is -0.300. The fraction of sp³-hybridized carbons (Fsp3) is 0.846. The van der Waals surface area contributed by atoms with Crippen LogP contribution in [0.25, 0.3) is 0 Å². The normalized spacial score (nSPS) is 38.1. The number of nitrogens with zero attached hydrogens (tertiary/aromatic N) is 1. The minimum absolute atomic E-state index is 0.669. The third-order valence-electron chi connectivity index (χ3n) is 4.25. The molecule has 1 nitrogen and oxygen atoms in total. The van der Waals surface area contributed by atoms with Gasteiger partial charge in [-0.25, -0.2) is 0 Å². The second-order valence-electron chi connectivity index (χ2n) is 6.08. The van der Waals surface area contributed by atoms with E-state index in [4.69, 9.17) is 0 Å². The van der Waals surface area contributed by atoms with E-state index in [-0.39, 0.29) is 0 Å². The first-order valence-electron chi connectivity index (χ1n) is 6.04. The van der Waals surface area contributed by atoms with Gasteiger partial charge in [0.15, 0.2) is 0 Å². The zero-order valence-electron chi connectivity index (χ0n) is 9.26. The molecule has 0 bridgehead atoms. The lowest BCUT2D eigenvalue weighted by Gasteiger charge is -2.24. The van der Waals surface area contributed by atoms with Crippen molar-refractivity contribution >= 4 is 0 Å². The molecule has 0 aromatic carbocycles. The molecule has 0 spiro atoms. The lowest BCUT2D eigenvalue weighted by atomic mass is 9.97. The Bertz CT molecular complexity index is 254. The molecule has 2 aliphatic carbocycles. The summed E-state index contributed by atoms with van der Waals surface area (Å²) < 4.78 is 0. The molecule has 3 aliphatic rings. The molecule has 0 amide bonds.